The first kappa shape index (κ1) is 24.3. The molecule has 0 saturated carbocycles. The minimum Gasteiger partial charge on any atom is -0.484 e. The second kappa shape index (κ2) is 11.5. The van der Waals surface area contributed by atoms with Gasteiger partial charge in [0.25, 0.3) is 5.91 Å². The molecule has 7 nitrogen and oxygen atoms in total. The summed E-state index contributed by atoms with van der Waals surface area (Å²) in [5.41, 5.74) is 0.631. The largest absolute Gasteiger partial charge is 0.484 e. The lowest BCUT2D eigenvalue weighted by molar-refractivity contribution is -0.122. The number of ether oxygens (including phenoxy) is 1. The Kier molecular flexibility index (Phi) is 8.99. The zero-order valence-electron chi connectivity index (χ0n) is 16.3. The average Bonchev–Trinajstić information content (AvgIpc) is 2.73. The van der Waals surface area contributed by atoms with E-state index in [1.165, 1.54) is 18.3 Å². The fourth-order valence-corrected chi connectivity index (χ4v) is 2.53. The molecular weight excluding hydrogens is 448 g/mol. The van der Waals surface area contributed by atoms with Crippen LogP contribution >= 0.6 is 23.2 Å². The third-order valence-corrected chi connectivity index (χ3v) is 4.46. The van der Waals surface area contributed by atoms with E-state index in [1.54, 1.807) is 12.1 Å². The molecule has 3 N–H and O–H groups in total. The molecule has 0 bridgehead atoms. The summed E-state index contributed by atoms with van der Waals surface area (Å²) in [6.07, 6.45) is 0.0523. The summed E-state index contributed by atoms with van der Waals surface area (Å²) in [6, 6.07) is 7.06. The first-order chi connectivity index (χ1) is 14.7. The molecular formula is C21H20Cl2FN3O4. The molecule has 10 heteroatoms. The molecule has 1 aromatic heterocycles. The van der Waals surface area contributed by atoms with Crippen LogP contribution in [0.15, 0.2) is 61.0 Å². The van der Waals surface area contributed by atoms with E-state index in [0.717, 1.165) is 6.07 Å². The van der Waals surface area contributed by atoms with Gasteiger partial charge in [0.2, 0.25) is 5.91 Å². The predicted molar refractivity (Wildman–Crippen MR) is 115 cm³/mol. The maximum Gasteiger partial charge on any atom is 0.262 e. The van der Waals surface area contributed by atoms with Crippen molar-refractivity contribution in [2.45, 2.75) is 19.1 Å². The number of aliphatic hydroxyl groups is 1. The highest BCUT2D eigenvalue weighted by Crippen LogP contribution is 2.20. The molecule has 0 radical (unpaired) electrons. The molecule has 1 atom stereocenters. The van der Waals surface area contributed by atoms with E-state index >= 15 is 0 Å². The van der Waals surface area contributed by atoms with Crippen molar-refractivity contribution in [1.82, 2.24) is 15.6 Å². The van der Waals surface area contributed by atoms with E-state index in [1.807, 2.05) is 0 Å². The Balaban J connectivity index is 1.74. The number of carbonyl (C=O) groups is 2. The van der Waals surface area contributed by atoms with Crippen molar-refractivity contribution < 1.29 is 23.8 Å². The van der Waals surface area contributed by atoms with Crippen LogP contribution in [0.2, 0.25) is 10.0 Å². The van der Waals surface area contributed by atoms with Gasteiger partial charge in [-0.05, 0) is 24.3 Å². The molecule has 1 unspecified atom stereocenters. The summed E-state index contributed by atoms with van der Waals surface area (Å²) in [5.74, 6) is -1.69. The van der Waals surface area contributed by atoms with Crippen LogP contribution in [-0.4, -0.2) is 34.6 Å². The summed E-state index contributed by atoms with van der Waals surface area (Å²) < 4.78 is 18.5. The summed E-state index contributed by atoms with van der Waals surface area (Å²) in [5, 5.41) is 15.6. The summed E-state index contributed by atoms with van der Waals surface area (Å²) in [6.45, 7) is 6.93. The Hall–Kier alpha value is -2.94. The molecule has 1 heterocycles. The number of amides is 2. The van der Waals surface area contributed by atoms with Gasteiger partial charge in [-0.25, -0.2) is 4.39 Å². The van der Waals surface area contributed by atoms with Crippen molar-refractivity contribution in [1.29, 1.82) is 0 Å². The van der Waals surface area contributed by atoms with Crippen molar-refractivity contribution in [3.05, 3.63) is 82.5 Å². The number of carbonyl (C=O) groups excluding carboxylic acids is 2. The molecule has 0 spiro atoms. The number of hydrogen-bond acceptors (Lipinski definition) is 5. The van der Waals surface area contributed by atoms with Crippen LogP contribution in [0.5, 0.6) is 5.75 Å². The number of rotatable bonds is 10. The number of nitrogens with one attached hydrogen (secondary N) is 2. The predicted octanol–water partition coefficient (Wildman–Crippen LogP) is 3.16. The SMILES string of the molecule is C=C(CC(O)C(=C)C(=O)NCc1ccc(Cl)cn1)NC(=O)COc1ccc(Cl)c(F)c1. The molecule has 0 aliphatic carbocycles. The fraction of sp³-hybridized carbons (Fsp3) is 0.190. The number of nitrogens with zero attached hydrogens (tertiary/aromatic N) is 1. The highest BCUT2D eigenvalue weighted by atomic mass is 35.5. The lowest BCUT2D eigenvalue weighted by atomic mass is 10.1. The van der Waals surface area contributed by atoms with Gasteiger partial charge in [-0.3, -0.25) is 14.6 Å². The van der Waals surface area contributed by atoms with Crippen molar-refractivity contribution in [3.63, 3.8) is 0 Å². The topological polar surface area (TPSA) is 101 Å². The summed E-state index contributed by atoms with van der Waals surface area (Å²) >= 11 is 11.3. The second-order valence-electron chi connectivity index (χ2n) is 6.41. The lowest BCUT2D eigenvalue weighted by Crippen LogP contribution is -2.33. The first-order valence-electron chi connectivity index (χ1n) is 8.96. The Labute approximate surface area is 188 Å². The highest BCUT2D eigenvalue weighted by molar-refractivity contribution is 6.30. The third-order valence-electron chi connectivity index (χ3n) is 3.93. The van der Waals surface area contributed by atoms with E-state index in [9.17, 15) is 19.1 Å². The number of aliphatic hydroxyl groups excluding tert-OH is 1. The molecule has 1 aromatic carbocycles. The summed E-state index contributed by atoms with van der Waals surface area (Å²) in [7, 11) is 0. The maximum atomic E-state index is 13.4. The lowest BCUT2D eigenvalue weighted by Gasteiger charge is -2.16. The zero-order valence-corrected chi connectivity index (χ0v) is 17.8. The third kappa shape index (κ3) is 8.01. The zero-order chi connectivity index (χ0) is 23.0. The molecule has 0 saturated heterocycles. The van der Waals surface area contributed by atoms with Gasteiger partial charge in [-0.1, -0.05) is 36.4 Å². The average molecular weight is 468 g/mol. The van der Waals surface area contributed by atoms with Gasteiger partial charge < -0.3 is 20.5 Å². The molecule has 31 heavy (non-hydrogen) atoms. The van der Waals surface area contributed by atoms with Gasteiger partial charge >= 0.3 is 0 Å². The van der Waals surface area contributed by atoms with Crippen molar-refractivity contribution in [2.75, 3.05) is 6.61 Å². The van der Waals surface area contributed by atoms with Gasteiger partial charge in [-0.15, -0.1) is 0 Å². The Morgan fingerprint density at radius 1 is 1.23 bits per heavy atom. The van der Waals surface area contributed by atoms with Crippen LogP contribution in [0.3, 0.4) is 0 Å². The number of halogens is 3. The molecule has 2 amide bonds. The van der Waals surface area contributed by atoms with E-state index < -0.39 is 30.3 Å². The Morgan fingerprint density at radius 2 is 1.97 bits per heavy atom. The van der Waals surface area contributed by atoms with Crippen molar-refractivity contribution in [3.8, 4) is 5.75 Å². The van der Waals surface area contributed by atoms with Crippen LogP contribution in [0.1, 0.15) is 12.1 Å². The Morgan fingerprint density at radius 3 is 2.61 bits per heavy atom. The molecule has 0 aliphatic rings. The Bertz CT molecular complexity index is 983. The van der Waals surface area contributed by atoms with Crippen LogP contribution < -0.4 is 15.4 Å². The standard InChI is InChI=1S/C21H20Cl2FN3O4/c1-12(27-20(29)11-31-16-5-6-17(23)18(24)8-16)7-19(28)13(2)21(30)26-10-15-4-3-14(22)9-25-15/h3-6,8-9,19,28H,1-2,7,10-11H2,(H,26,30)(H,27,29). The number of aromatic nitrogens is 1. The van der Waals surface area contributed by atoms with E-state index in [-0.39, 0.29) is 35.0 Å². The van der Waals surface area contributed by atoms with Crippen molar-refractivity contribution >= 4 is 35.0 Å². The normalized spacial score (nSPS) is 11.4. The number of benzene rings is 1. The molecule has 0 fully saturated rings. The quantitative estimate of drug-likeness (QED) is 0.466. The first-order valence-corrected chi connectivity index (χ1v) is 9.72. The van der Waals surface area contributed by atoms with Crippen LogP contribution in [0.25, 0.3) is 0 Å². The van der Waals surface area contributed by atoms with Crippen LogP contribution in [0.4, 0.5) is 4.39 Å². The number of hydrogen-bond donors (Lipinski definition) is 3. The van der Waals surface area contributed by atoms with Gasteiger partial charge in [0, 0.05) is 30.0 Å². The highest BCUT2D eigenvalue weighted by Gasteiger charge is 2.18. The van der Waals surface area contributed by atoms with Gasteiger partial charge in [0.15, 0.2) is 6.61 Å². The van der Waals surface area contributed by atoms with E-state index in [0.29, 0.717) is 10.7 Å². The molecule has 164 valence electrons. The second-order valence-corrected chi connectivity index (χ2v) is 7.26. The number of pyridine rings is 1. The minimum atomic E-state index is -1.27. The van der Waals surface area contributed by atoms with Crippen molar-refractivity contribution in [2.24, 2.45) is 0 Å². The van der Waals surface area contributed by atoms with E-state index in [4.69, 9.17) is 27.9 Å². The van der Waals surface area contributed by atoms with Crippen LogP contribution in [-0.2, 0) is 16.1 Å². The molecule has 0 aliphatic heterocycles. The van der Waals surface area contributed by atoms with Gasteiger partial charge in [0.05, 0.1) is 28.4 Å². The maximum absolute atomic E-state index is 13.4. The molecule has 2 rings (SSSR count). The van der Waals surface area contributed by atoms with Gasteiger partial charge in [0.1, 0.15) is 11.6 Å². The molecule has 2 aromatic rings. The monoisotopic (exact) mass is 467 g/mol. The smallest absolute Gasteiger partial charge is 0.262 e. The van der Waals surface area contributed by atoms with Crippen LogP contribution in [0, 0.1) is 5.82 Å². The van der Waals surface area contributed by atoms with E-state index in [2.05, 4.69) is 28.8 Å². The fourth-order valence-electron chi connectivity index (χ4n) is 2.30. The summed E-state index contributed by atoms with van der Waals surface area (Å²) in [4.78, 5) is 28.1. The van der Waals surface area contributed by atoms with Gasteiger partial charge in [-0.2, -0.15) is 0 Å². The minimum absolute atomic E-state index is 0.0622.